The third-order valence-corrected chi connectivity index (χ3v) is 6.02. The second kappa shape index (κ2) is 6.02. The largest absolute Gasteiger partial charge is 0.298 e. The van der Waals surface area contributed by atoms with Gasteiger partial charge in [-0.1, -0.05) is 27.7 Å². The maximum Gasteiger partial charge on any atom is 0.276 e. The molecule has 4 rings (SSSR count). The van der Waals surface area contributed by atoms with Gasteiger partial charge in [-0.05, 0) is 48.4 Å². The number of nitrogens with one attached hydrogen (secondary N) is 1. The van der Waals surface area contributed by atoms with Crippen molar-refractivity contribution in [3.05, 3.63) is 55.1 Å². The molecule has 1 amide bonds. The molecule has 8 heteroatoms. The Morgan fingerprint density at radius 3 is 2.92 bits per heavy atom. The van der Waals surface area contributed by atoms with E-state index in [1.165, 1.54) is 11.8 Å². The smallest absolute Gasteiger partial charge is 0.276 e. The summed E-state index contributed by atoms with van der Waals surface area (Å²) in [5.74, 6) is -0.150. The van der Waals surface area contributed by atoms with Crippen LogP contribution in [-0.4, -0.2) is 22.3 Å². The van der Waals surface area contributed by atoms with E-state index in [1.807, 2.05) is 29.8 Å². The predicted molar refractivity (Wildman–Crippen MR) is 101 cm³/mol. The fourth-order valence-electron chi connectivity index (χ4n) is 2.76. The van der Waals surface area contributed by atoms with Crippen molar-refractivity contribution in [2.24, 2.45) is 10.1 Å². The van der Waals surface area contributed by atoms with Crippen LogP contribution in [0.25, 0.3) is 5.70 Å². The van der Waals surface area contributed by atoms with Crippen molar-refractivity contribution in [3.8, 4) is 0 Å². The molecule has 0 aliphatic carbocycles. The van der Waals surface area contributed by atoms with Gasteiger partial charge in [0, 0.05) is 9.69 Å². The van der Waals surface area contributed by atoms with Gasteiger partial charge in [0.25, 0.3) is 5.91 Å². The molecule has 0 bridgehead atoms. The summed E-state index contributed by atoms with van der Waals surface area (Å²) < 4.78 is 0.905. The van der Waals surface area contributed by atoms with E-state index in [2.05, 4.69) is 39.3 Å². The van der Waals surface area contributed by atoms with Crippen LogP contribution in [0.1, 0.15) is 16.6 Å². The van der Waals surface area contributed by atoms with Gasteiger partial charge in [-0.2, -0.15) is 0 Å². The summed E-state index contributed by atoms with van der Waals surface area (Å²) in [7, 11) is 0. The number of carbonyl (C=O) groups excluding carboxylic acids is 1. The van der Waals surface area contributed by atoms with Crippen molar-refractivity contribution in [2.75, 3.05) is 6.26 Å². The zero-order valence-electron chi connectivity index (χ0n) is 12.9. The topological polar surface area (TPSA) is 57.1 Å². The minimum Gasteiger partial charge on any atom is -0.298 e. The van der Waals surface area contributed by atoms with Crippen LogP contribution in [-0.2, 0) is 4.79 Å². The summed E-state index contributed by atoms with van der Waals surface area (Å²) in [5.41, 5.74) is 1.69. The fourth-order valence-corrected chi connectivity index (χ4v) is 4.44. The van der Waals surface area contributed by atoms with Crippen molar-refractivity contribution >= 4 is 55.8 Å². The normalized spacial score (nSPS) is 19.2. The average Bonchev–Trinajstić information content (AvgIpc) is 2.99. The maximum absolute atomic E-state index is 12.7. The van der Waals surface area contributed by atoms with E-state index in [4.69, 9.17) is 4.99 Å². The molecule has 1 atom stereocenters. The molecule has 5 nitrogen and oxygen atoms in total. The molecule has 2 aliphatic rings. The fraction of sp³-hybridized carbons (Fsp3) is 0.188. The molecule has 1 N–H and O–H groups in total. The Morgan fingerprint density at radius 2 is 2.21 bits per heavy atom. The van der Waals surface area contributed by atoms with E-state index >= 15 is 0 Å². The second-order valence-electron chi connectivity index (χ2n) is 5.39. The minimum absolute atomic E-state index is 0.150. The Bertz CT molecular complexity index is 998. The summed E-state index contributed by atoms with van der Waals surface area (Å²) in [6.45, 7) is 2.06. The summed E-state index contributed by atoms with van der Waals surface area (Å²) in [4.78, 5) is 18.7. The highest BCUT2D eigenvalue weighted by atomic mass is 79.9. The van der Waals surface area contributed by atoms with E-state index < -0.39 is 0 Å². The number of thiophene rings is 1. The van der Waals surface area contributed by atoms with Gasteiger partial charge >= 0.3 is 0 Å². The molecular formula is C16H13BrN4OS2. The molecule has 0 fully saturated rings. The van der Waals surface area contributed by atoms with Gasteiger partial charge in [0.2, 0.25) is 0 Å². The predicted octanol–water partition coefficient (Wildman–Crippen LogP) is 2.33. The van der Waals surface area contributed by atoms with E-state index in [-0.39, 0.29) is 12.1 Å². The summed E-state index contributed by atoms with van der Waals surface area (Å²) >= 11 is 6.52. The van der Waals surface area contributed by atoms with Crippen LogP contribution in [0.2, 0.25) is 0 Å². The molecule has 1 aromatic heterocycles. The molecule has 2 aliphatic heterocycles. The molecule has 1 unspecified atom stereocenters. The summed E-state index contributed by atoms with van der Waals surface area (Å²) in [6, 6.07) is 7.85. The number of thioether (sulfide) groups is 1. The summed E-state index contributed by atoms with van der Waals surface area (Å²) in [6.07, 6.45) is 1.57. The molecular weight excluding hydrogens is 408 g/mol. The van der Waals surface area contributed by atoms with Crippen molar-refractivity contribution in [2.45, 2.75) is 13.1 Å². The quantitative estimate of drug-likeness (QED) is 0.769. The van der Waals surface area contributed by atoms with Crippen molar-refractivity contribution < 1.29 is 4.79 Å². The number of rotatable bonds is 1. The number of fused-ring (bicyclic) bond motifs is 2. The standard InChI is InChI=1S/C16H13BrN4OS2/c1-8-5-6-24-13(8)14-18-11-4-3-9(17)7-10(11)12-15(22)19-16(23-2)20-21(12)14/h3-7,14H,1-2H3,(H,19,20,22). The first-order chi connectivity index (χ1) is 11.6. The maximum atomic E-state index is 12.7. The Balaban J connectivity index is 2.04. The van der Waals surface area contributed by atoms with E-state index in [1.54, 1.807) is 16.3 Å². The van der Waals surface area contributed by atoms with Gasteiger partial charge < -0.3 is 0 Å². The number of hydrazone groups is 1. The lowest BCUT2D eigenvalue weighted by molar-refractivity contribution is -0.116. The van der Waals surface area contributed by atoms with Crippen LogP contribution in [0.15, 0.2) is 44.2 Å². The number of aryl methyl sites for hydroxylation is 1. The van der Waals surface area contributed by atoms with Gasteiger partial charge in [0.05, 0.1) is 10.2 Å². The van der Waals surface area contributed by atoms with E-state index in [9.17, 15) is 4.79 Å². The van der Waals surface area contributed by atoms with Crippen molar-refractivity contribution in [1.29, 1.82) is 0 Å². The lowest BCUT2D eigenvalue weighted by atomic mass is 10.1. The van der Waals surface area contributed by atoms with Crippen molar-refractivity contribution in [1.82, 2.24) is 10.3 Å². The van der Waals surface area contributed by atoms with Gasteiger partial charge in [-0.25, -0.2) is 5.01 Å². The molecule has 0 spiro atoms. The highest BCUT2D eigenvalue weighted by molar-refractivity contribution is 9.10. The molecule has 2 aromatic rings. The molecule has 1 aromatic carbocycles. The molecule has 0 saturated carbocycles. The first-order valence-corrected chi connectivity index (χ1v) is 10.1. The SMILES string of the molecule is CSC1=NN2C(=c3cc(Br)ccc3=NC2c2sccc2C)C(=O)N1. The Hall–Kier alpha value is -1.64. The highest BCUT2D eigenvalue weighted by Crippen LogP contribution is 2.35. The second-order valence-corrected chi connectivity index (χ2v) is 8.05. The van der Waals surface area contributed by atoms with Crippen LogP contribution in [0.5, 0.6) is 0 Å². The molecule has 0 saturated heterocycles. The minimum atomic E-state index is -0.318. The number of hydrogen-bond donors (Lipinski definition) is 1. The number of hydrogen-bond acceptors (Lipinski definition) is 6. The van der Waals surface area contributed by atoms with Gasteiger partial charge in [-0.15, -0.1) is 16.4 Å². The number of nitrogens with zero attached hydrogens (tertiary/aromatic N) is 3. The average molecular weight is 421 g/mol. The zero-order chi connectivity index (χ0) is 16.8. The number of carbonyl (C=O) groups is 1. The van der Waals surface area contributed by atoms with E-state index in [0.29, 0.717) is 10.9 Å². The molecule has 0 radical (unpaired) electrons. The van der Waals surface area contributed by atoms with Gasteiger partial charge in [-0.3, -0.25) is 15.1 Å². The zero-order valence-corrected chi connectivity index (χ0v) is 16.1. The first-order valence-electron chi connectivity index (χ1n) is 7.23. The number of halogens is 1. The monoisotopic (exact) mass is 420 g/mol. The Kier molecular flexibility index (Phi) is 3.98. The van der Waals surface area contributed by atoms with Gasteiger partial charge in [0.15, 0.2) is 11.3 Å². The third-order valence-electron chi connectivity index (χ3n) is 3.90. The van der Waals surface area contributed by atoms with Crippen LogP contribution in [0.3, 0.4) is 0 Å². The number of amides is 1. The van der Waals surface area contributed by atoms with Crippen LogP contribution < -0.4 is 15.9 Å². The first kappa shape index (κ1) is 15.9. The number of benzene rings is 1. The lowest BCUT2D eigenvalue weighted by Crippen LogP contribution is -2.50. The van der Waals surface area contributed by atoms with Gasteiger partial charge in [0.1, 0.15) is 5.70 Å². The van der Waals surface area contributed by atoms with E-state index in [0.717, 1.165) is 25.5 Å². The molecule has 3 heterocycles. The summed E-state index contributed by atoms with van der Waals surface area (Å²) in [5, 5.41) is 13.4. The van der Waals surface area contributed by atoms with Crippen LogP contribution >= 0.6 is 39.0 Å². The molecule has 24 heavy (non-hydrogen) atoms. The highest BCUT2D eigenvalue weighted by Gasteiger charge is 2.35. The number of amidine groups is 1. The third kappa shape index (κ3) is 2.49. The Morgan fingerprint density at radius 1 is 1.38 bits per heavy atom. The lowest BCUT2D eigenvalue weighted by Gasteiger charge is -2.33. The van der Waals surface area contributed by atoms with Crippen molar-refractivity contribution in [3.63, 3.8) is 0 Å². The van der Waals surface area contributed by atoms with Crippen LogP contribution in [0.4, 0.5) is 0 Å². The van der Waals surface area contributed by atoms with Crippen LogP contribution in [0, 0.1) is 6.92 Å². The Labute approximate surface area is 155 Å². The molecule has 122 valence electrons.